The van der Waals surface area contributed by atoms with Crippen LogP contribution in [0.2, 0.25) is 0 Å². The number of hydrogen-bond acceptors (Lipinski definition) is 4. The van der Waals surface area contributed by atoms with Gasteiger partial charge in [-0.3, -0.25) is 4.90 Å². The Kier molecular flexibility index (Phi) is 9.73. The van der Waals surface area contributed by atoms with Crippen molar-refractivity contribution in [2.24, 2.45) is 5.92 Å². The second-order valence-electron chi connectivity index (χ2n) is 9.58. The molecule has 2 saturated heterocycles. The molecule has 4 nitrogen and oxygen atoms in total. The standard InChI is InChI=1S/C28H36N2O2.2ClH/c1-31-25-11-9-24(28(17-25)32-2)19-30-18-23-10-12-26(27(23)20-30)22-7-5-21(6-8-22)13-16-29-14-3-4-15-29;;/h5-9,11,17,23H,3-4,10,12-16,18-20H2,1-2H3;2*1H. The highest BCUT2D eigenvalue weighted by atomic mass is 35.5. The van der Waals surface area contributed by atoms with Crippen LogP contribution in [0.4, 0.5) is 0 Å². The first kappa shape index (κ1) is 26.9. The van der Waals surface area contributed by atoms with E-state index in [1.54, 1.807) is 25.4 Å². The molecular formula is C28H38Cl2N2O2. The summed E-state index contributed by atoms with van der Waals surface area (Å²) in [5.74, 6) is 2.47. The Bertz CT molecular complexity index is 971. The number of nitrogens with zero attached hydrogens (tertiary/aromatic N) is 2. The van der Waals surface area contributed by atoms with Gasteiger partial charge in [0.05, 0.1) is 14.2 Å². The van der Waals surface area contributed by atoms with Gasteiger partial charge in [-0.2, -0.15) is 0 Å². The van der Waals surface area contributed by atoms with Gasteiger partial charge < -0.3 is 14.4 Å². The summed E-state index contributed by atoms with van der Waals surface area (Å²) < 4.78 is 11.0. The molecule has 1 aliphatic carbocycles. The lowest BCUT2D eigenvalue weighted by Crippen LogP contribution is -2.21. The molecule has 2 aliphatic heterocycles. The summed E-state index contributed by atoms with van der Waals surface area (Å²) >= 11 is 0. The monoisotopic (exact) mass is 504 g/mol. The molecule has 3 aliphatic rings. The molecule has 0 N–H and O–H groups in total. The van der Waals surface area contributed by atoms with Gasteiger partial charge in [0.1, 0.15) is 11.5 Å². The van der Waals surface area contributed by atoms with Gasteiger partial charge >= 0.3 is 0 Å². The molecule has 0 amide bonds. The molecule has 2 aromatic carbocycles. The van der Waals surface area contributed by atoms with Crippen LogP contribution in [0, 0.1) is 5.92 Å². The van der Waals surface area contributed by atoms with Gasteiger partial charge in [-0.15, -0.1) is 24.8 Å². The van der Waals surface area contributed by atoms with Crippen LogP contribution in [0.3, 0.4) is 0 Å². The van der Waals surface area contributed by atoms with Crippen LogP contribution in [0.25, 0.3) is 5.57 Å². The molecule has 0 spiro atoms. The molecule has 186 valence electrons. The van der Waals surface area contributed by atoms with E-state index < -0.39 is 0 Å². The maximum Gasteiger partial charge on any atom is 0.127 e. The maximum absolute atomic E-state index is 5.62. The Balaban J connectivity index is 0.00000162. The van der Waals surface area contributed by atoms with Gasteiger partial charge in [-0.1, -0.05) is 30.3 Å². The van der Waals surface area contributed by atoms with Crippen molar-refractivity contribution in [3.8, 4) is 11.5 Å². The van der Waals surface area contributed by atoms with E-state index in [1.807, 2.05) is 12.1 Å². The summed E-state index contributed by atoms with van der Waals surface area (Å²) in [6.45, 7) is 6.94. The lowest BCUT2D eigenvalue weighted by Gasteiger charge is -2.19. The lowest BCUT2D eigenvalue weighted by atomic mass is 9.99. The number of rotatable bonds is 8. The van der Waals surface area contributed by atoms with Crippen molar-refractivity contribution in [1.29, 1.82) is 0 Å². The van der Waals surface area contributed by atoms with Crippen molar-refractivity contribution in [3.63, 3.8) is 0 Å². The van der Waals surface area contributed by atoms with Crippen LogP contribution in [-0.2, 0) is 13.0 Å². The maximum atomic E-state index is 5.62. The summed E-state index contributed by atoms with van der Waals surface area (Å²) in [6.07, 6.45) is 6.44. The van der Waals surface area contributed by atoms with Gasteiger partial charge in [-0.25, -0.2) is 0 Å². The molecule has 2 aromatic rings. The first-order chi connectivity index (χ1) is 15.7. The van der Waals surface area contributed by atoms with Crippen molar-refractivity contribution in [3.05, 3.63) is 64.7 Å². The van der Waals surface area contributed by atoms with Crippen LogP contribution in [0.15, 0.2) is 48.0 Å². The van der Waals surface area contributed by atoms with Gasteiger partial charge in [0, 0.05) is 37.8 Å². The topological polar surface area (TPSA) is 24.9 Å². The molecule has 0 saturated carbocycles. The molecule has 0 radical (unpaired) electrons. The quantitative estimate of drug-likeness (QED) is 0.449. The Morgan fingerprint density at radius 1 is 0.912 bits per heavy atom. The van der Waals surface area contributed by atoms with Gasteiger partial charge in [0.15, 0.2) is 0 Å². The van der Waals surface area contributed by atoms with E-state index in [4.69, 9.17) is 9.47 Å². The molecule has 1 atom stereocenters. The molecule has 34 heavy (non-hydrogen) atoms. The minimum Gasteiger partial charge on any atom is -0.497 e. The highest BCUT2D eigenvalue weighted by Gasteiger charge is 2.34. The minimum absolute atomic E-state index is 0. The fourth-order valence-corrected chi connectivity index (χ4v) is 5.78. The number of likely N-dealkylation sites (tertiary alicyclic amines) is 2. The minimum atomic E-state index is 0. The fraction of sp³-hybridized carbons (Fsp3) is 0.500. The third-order valence-corrected chi connectivity index (χ3v) is 7.60. The summed E-state index contributed by atoms with van der Waals surface area (Å²) in [7, 11) is 3.44. The predicted octanol–water partition coefficient (Wildman–Crippen LogP) is 5.87. The summed E-state index contributed by atoms with van der Waals surface area (Å²) in [5, 5.41) is 0. The second kappa shape index (κ2) is 12.3. The van der Waals surface area contributed by atoms with Crippen molar-refractivity contribution in [2.75, 3.05) is 46.9 Å². The van der Waals surface area contributed by atoms with Crippen LogP contribution in [-0.4, -0.2) is 56.7 Å². The van der Waals surface area contributed by atoms with E-state index in [0.717, 1.165) is 31.1 Å². The van der Waals surface area contributed by atoms with E-state index >= 15 is 0 Å². The van der Waals surface area contributed by atoms with E-state index in [-0.39, 0.29) is 24.8 Å². The zero-order valence-corrected chi connectivity index (χ0v) is 22.1. The highest BCUT2D eigenvalue weighted by Crippen LogP contribution is 2.43. The van der Waals surface area contributed by atoms with Crippen LogP contribution in [0.1, 0.15) is 42.4 Å². The predicted molar refractivity (Wildman–Crippen MR) is 145 cm³/mol. The molecule has 5 rings (SSSR count). The van der Waals surface area contributed by atoms with Crippen LogP contribution >= 0.6 is 24.8 Å². The van der Waals surface area contributed by atoms with E-state index in [9.17, 15) is 0 Å². The smallest absolute Gasteiger partial charge is 0.127 e. The summed E-state index contributed by atoms with van der Waals surface area (Å²) in [4.78, 5) is 5.18. The zero-order chi connectivity index (χ0) is 21.9. The number of methoxy groups -OCH3 is 2. The van der Waals surface area contributed by atoms with Gasteiger partial charge in [0.25, 0.3) is 0 Å². The average molecular weight is 506 g/mol. The molecule has 0 bridgehead atoms. The van der Waals surface area contributed by atoms with E-state index in [0.29, 0.717) is 5.92 Å². The third-order valence-electron chi connectivity index (χ3n) is 7.60. The molecule has 6 heteroatoms. The molecule has 0 aromatic heterocycles. The van der Waals surface area contributed by atoms with Crippen molar-refractivity contribution in [2.45, 2.75) is 38.6 Å². The molecule has 2 fully saturated rings. The molecule has 1 unspecified atom stereocenters. The Hall–Kier alpha value is -1.72. The SMILES string of the molecule is COc1ccc(CN2CC3=C(c4ccc(CCN5CCCC5)cc4)CCC3C2)c(OC)c1.Cl.Cl. The number of allylic oxidation sites excluding steroid dienone is 1. The fourth-order valence-electron chi connectivity index (χ4n) is 5.78. The number of benzene rings is 2. The number of ether oxygens (including phenoxy) is 2. The normalized spacial score (nSPS) is 20.1. The van der Waals surface area contributed by atoms with Gasteiger partial charge in [0.2, 0.25) is 0 Å². The van der Waals surface area contributed by atoms with Crippen LogP contribution in [0.5, 0.6) is 11.5 Å². The zero-order valence-electron chi connectivity index (χ0n) is 20.4. The number of fused-ring (bicyclic) bond motifs is 1. The van der Waals surface area contributed by atoms with Crippen molar-refractivity contribution >= 4 is 30.4 Å². The highest BCUT2D eigenvalue weighted by molar-refractivity contribution is 5.85. The molecule has 2 heterocycles. The van der Waals surface area contributed by atoms with E-state index in [2.05, 4.69) is 40.1 Å². The van der Waals surface area contributed by atoms with Gasteiger partial charge in [-0.05, 0) is 79.5 Å². The third kappa shape index (κ3) is 5.91. The first-order valence-electron chi connectivity index (χ1n) is 12.2. The Morgan fingerprint density at radius 2 is 1.68 bits per heavy atom. The van der Waals surface area contributed by atoms with E-state index in [1.165, 1.54) is 68.4 Å². The van der Waals surface area contributed by atoms with Crippen molar-refractivity contribution < 1.29 is 9.47 Å². The lowest BCUT2D eigenvalue weighted by molar-refractivity contribution is 0.305. The summed E-state index contributed by atoms with van der Waals surface area (Å²) in [5.41, 5.74) is 7.42. The Labute approximate surface area is 217 Å². The van der Waals surface area contributed by atoms with Crippen molar-refractivity contribution in [1.82, 2.24) is 9.80 Å². The second-order valence-corrected chi connectivity index (χ2v) is 9.58. The number of hydrogen-bond donors (Lipinski definition) is 0. The average Bonchev–Trinajstić information content (AvgIpc) is 3.56. The Morgan fingerprint density at radius 3 is 2.38 bits per heavy atom. The molecular weight excluding hydrogens is 467 g/mol. The first-order valence-corrected chi connectivity index (χ1v) is 12.2. The van der Waals surface area contributed by atoms with Crippen LogP contribution < -0.4 is 9.47 Å². The number of halogens is 2. The summed E-state index contributed by atoms with van der Waals surface area (Å²) in [6, 6.07) is 15.6. The largest absolute Gasteiger partial charge is 0.497 e.